The Hall–Kier alpha value is -2.10. The van der Waals surface area contributed by atoms with Gasteiger partial charge in [-0.25, -0.2) is 4.79 Å². The zero-order valence-electron chi connectivity index (χ0n) is 13.1. The molecule has 1 aromatic rings. The van der Waals surface area contributed by atoms with Crippen LogP contribution in [0.3, 0.4) is 0 Å². The number of carbonyl (C=O) groups is 2. The summed E-state index contributed by atoms with van der Waals surface area (Å²) in [6, 6.07) is 7.77. The second-order valence-corrected chi connectivity index (χ2v) is 5.40. The number of amides is 1. The fourth-order valence-electron chi connectivity index (χ4n) is 1.58. The average molecular weight is 289 g/mol. The highest BCUT2D eigenvalue weighted by atomic mass is 16.5. The molecule has 0 radical (unpaired) electrons. The summed E-state index contributed by atoms with van der Waals surface area (Å²) in [5, 5.41) is 2.78. The van der Waals surface area contributed by atoms with E-state index >= 15 is 0 Å². The van der Waals surface area contributed by atoms with Gasteiger partial charge in [0.2, 0.25) is 0 Å². The molecule has 1 amide bonds. The zero-order valence-corrected chi connectivity index (χ0v) is 13.1. The number of rotatable bonds is 6. The van der Waals surface area contributed by atoms with Crippen LogP contribution in [0.4, 0.5) is 0 Å². The second kappa shape index (κ2) is 8.25. The largest absolute Gasteiger partial charge is 0.452 e. The molecule has 4 heteroatoms. The molecule has 0 saturated heterocycles. The molecule has 0 heterocycles. The Morgan fingerprint density at radius 3 is 2.52 bits per heavy atom. The molecule has 1 rings (SSSR count). The quantitative estimate of drug-likeness (QED) is 0.647. The number of hydrogen-bond acceptors (Lipinski definition) is 3. The summed E-state index contributed by atoms with van der Waals surface area (Å²) in [5.74, 6) is -0.468. The lowest BCUT2D eigenvalue weighted by atomic mass is 10.1. The molecule has 1 aromatic carbocycles. The van der Waals surface area contributed by atoms with E-state index in [9.17, 15) is 9.59 Å². The Labute approximate surface area is 126 Å². The molecule has 21 heavy (non-hydrogen) atoms. The first-order valence-electron chi connectivity index (χ1n) is 7.10. The molecule has 0 aliphatic rings. The molecule has 1 N–H and O–H groups in total. The first-order valence-corrected chi connectivity index (χ1v) is 7.10. The zero-order chi connectivity index (χ0) is 15.8. The van der Waals surface area contributed by atoms with Gasteiger partial charge in [0.1, 0.15) is 0 Å². The summed E-state index contributed by atoms with van der Waals surface area (Å²) >= 11 is 0. The third kappa shape index (κ3) is 6.25. The van der Waals surface area contributed by atoms with Crippen LogP contribution in [0, 0.1) is 12.8 Å². The van der Waals surface area contributed by atoms with Gasteiger partial charge in [0.15, 0.2) is 6.61 Å². The topological polar surface area (TPSA) is 55.4 Å². The molecule has 114 valence electrons. The van der Waals surface area contributed by atoms with Crippen molar-refractivity contribution in [2.45, 2.75) is 33.7 Å². The summed E-state index contributed by atoms with van der Waals surface area (Å²) in [7, 11) is 0. The van der Waals surface area contributed by atoms with Gasteiger partial charge in [0, 0.05) is 12.1 Å². The predicted molar refractivity (Wildman–Crippen MR) is 83.6 cm³/mol. The van der Waals surface area contributed by atoms with Gasteiger partial charge < -0.3 is 10.1 Å². The SMILES string of the molecule is Cc1ccccc1/C=C/C(=O)OCC(=O)N[C@@H](C)C(C)C. The highest BCUT2D eigenvalue weighted by molar-refractivity contribution is 5.89. The Bertz CT molecular complexity index is 521. The summed E-state index contributed by atoms with van der Waals surface area (Å²) in [6.45, 7) is 7.66. The highest BCUT2D eigenvalue weighted by Gasteiger charge is 2.11. The van der Waals surface area contributed by atoms with E-state index in [1.807, 2.05) is 52.0 Å². The van der Waals surface area contributed by atoms with Crippen molar-refractivity contribution in [3.05, 3.63) is 41.5 Å². The molecule has 0 saturated carbocycles. The maximum Gasteiger partial charge on any atom is 0.331 e. The lowest BCUT2D eigenvalue weighted by Gasteiger charge is -2.16. The molecular weight excluding hydrogens is 266 g/mol. The van der Waals surface area contributed by atoms with Crippen LogP contribution in [0.2, 0.25) is 0 Å². The maximum atomic E-state index is 11.6. The van der Waals surface area contributed by atoms with Crippen molar-refractivity contribution in [1.82, 2.24) is 5.32 Å². The Kier molecular flexibility index (Phi) is 6.66. The minimum atomic E-state index is -0.523. The van der Waals surface area contributed by atoms with Crippen molar-refractivity contribution in [2.75, 3.05) is 6.61 Å². The van der Waals surface area contributed by atoms with Crippen LogP contribution in [0.15, 0.2) is 30.3 Å². The molecule has 0 aromatic heterocycles. The van der Waals surface area contributed by atoms with Crippen molar-refractivity contribution < 1.29 is 14.3 Å². The lowest BCUT2D eigenvalue weighted by molar-refractivity contribution is -0.144. The van der Waals surface area contributed by atoms with E-state index < -0.39 is 5.97 Å². The van der Waals surface area contributed by atoms with Crippen LogP contribution >= 0.6 is 0 Å². The van der Waals surface area contributed by atoms with Gasteiger partial charge in [-0.1, -0.05) is 38.1 Å². The average Bonchev–Trinajstić information content (AvgIpc) is 2.44. The van der Waals surface area contributed by atoms with Gasteiger partial charge in [-0.05, 0) is 37.0 Å². The minimum Gasteiger partial charge on any atom is -0.452 e. The summed E-state index contributed by atoms with van der Waals surface area (Å²) in [6.07, 6.45) is 3.02. The van der Waals surface area contributed by atoms with Gasteiger partial charge in [-0.15, -0.1) is 0 Å². The Morgan fingerprint density at radius 2 is 1.90 bits per heavy atom. The van der Waals surface area contributed by atoms with E-state index in [0.717, 1.165) is 11.1 Å². The van der Waals surface area contributed by atoms with Crippen LogP contribution in [-0.2, 0) is 14.3 Å². The summed E-state index contributed by atoms with van der Waals surface area (Å²) in [4.78, 5) is 23.1. The Morgan fingerprint density at radius 1 is 1.24 bits per heavy atom. The molecule has 0 aliphatic carbocycles. The molecule has 0 fully saturated rings. The highest BCUT2D eigenvalue weighted by Crippen LogP contribution is 2.08. The predicted octanol–water partition coefficient (Wildman–Crippen LogP) is 2.71. The lowest BCUT2D eigenvalue weighted by Crippen LogP contribution is -2.38. The van der Waals surface area contributed by atoms with Crippen molar-refractivity contribution in [1.29, 1.82) is 0 Å². The van der Waals surface area contributed by atoms with Crippen LogP contribution < -0.4 is 5.32 Å². The van der Waals surface area contributed by atoms with Crippen molar-refractivity contribution in [2.24, 2.45) is 5.92 Å². The van der Waals surface area contributed by atoms with Crippen LogP contribution in [0.5, 0.6) is 0 Å². The van der Waals surface area contributed by atoms with Gasteiger partial charge in [-0.3, -0.25) is 4.79 Å². The van der Waals surface area contributed by atoms with Crippen LogP contribution in [0.25, 0.3) is 6.08 Å². The third-order valence-electron chi connectivity index (χ3n) is 3.32. The van der Waals surface area contributed by atoms with E-state index in [4.69, 9.17) is 4.74 Å². The van der Waals surface area contributed by atoms with Crippen molar-refractivity contribution in [3.8, 4) is 0 Å². The van der Waals surface area contributed by atoms with E-state index in [-0.39, 0.29) is 18.6 Å². The van der Waals surface area contributed by atoms with Gasteiger partial charge >= 0.3 is 5.97 Å². The molecule has 0 unspecified atom stereocenters. The molecule has 1 atom stereocenters. The van der Waals surface area contributed by atoms with E-state index in [2.05, 4.69) is 5.32 Å². The molecular formula is C17H23NO3. The molecule has 0 bridgehead atoms. The van der Waals surface area contributed by atoms with Crippen molar-refractivity contribution >= 4 is 18.0 Å². The summed E-state index contributed by atoms with van der Waals surface area (Å²) < 4.78 is 4.91. The number of nitrogens with one attached hydrogen (secondary N) is 1. The van der Waals surface area contributed by atoms with Gasteiger partial charge in [0.25, 0.3) is 5.91 Å². The first kappa shape index (κ1) is 17.0. The Balaban J connectivity index is 2.41. The summed E-state index contributed by atoms with van der Waals surface area (Å²) in [5.41, 5.74) is 2.03. The van der Waals surface area contributed by atoms with Crippen molar-refractivity contribution in [3.63, 3.8) is 0 Å². The number of hydrogen-bond donors (Lipinski definition) is 1. The third-order valence-corrected chi connectivity index (χ3v) is 3.32. The molecule has 0 spiro atoms. The molecule has 0 aliphatic heterocycles. The fourth-order valence-corrected chi connectivity index (χ4v) is 1.58. The number of esters is 1. The van der Waals surface area contributed by atoms with E-state index in [0.29, 0.717) is 5.92 Å². The smallest absolute Gasteiger partial charge is 0.331 e. The minimum absolute atomic E-state index is 0.0544. The molecule has 4 nitrogen and oxygen atoms in total. The fraction of sp³-hybridized carbons (Fsp3) is 0.412. The number of benzene rings is 1. The van der Waals surface area contributed by atoms with Crippen LogP contribution in [0.1, 0.15) is 31.9 Å². The van der Waals surface area contributed by atoms with Gasteiger partial charge in [-0.2, -0.15) is 0 Å². The maximum absolute atomic E-state index is 11.6. The van der Waals surface area contributed by atoms with E-state index in [1.165, 1.54) is 6.08 Å². The number of carbonyl (C=O) groups excluding carboxylic acids is 2. The standard InChI is InChI=1S/C17H23NO3/c1-12(2)14(4)18-16(19)11-21-17(20)10-9-15-8-6-5-7-13(15)3/h5-10,12,14H,11H2,1-4H3,(H,18,19)/b10-9+/t14-/m0/s1. The second-order valence-electron chi connectivity index (χ2n) is 5.40. The van der Waals surface area contributed by atoms with Crippen LogP contribution in [-0.4, -0.2) is 24.5 Å². The van der Waals surface area contributed by atoms with Gasteiger partial charge in [0.05, 0.1) is 0 Å². The number of ether oxygens (including phenoxy) is 1. The monoisotopic (exact) mass is 289 g/mol. The van der Waals surface area contributed by atoms with E-state index in [1.54, 1.807) is 6.08 Å². The normalized spacial score (nSPS) is 12.4. The first-order chi connectivity index (χ1) is 9.90. The number of aryl methyl sites for hydroxylation is 1.